The smallest absolute Gasteiger partial charge is 0.220 e. The monoisotopic (exact) mass is 482 g/mol. The van der Waals surface area contributed by atoms with E-state index in [1.165, 1.54) is 0 Å². The lowest BCUT2D eigenvalue weighted by molar-refractivity contribution is -0.119. The highest BCUT2D eigenvalue weighted by Crippen LogP contribution is 2.35. The van der Waals surface area contributed by atoms with Crippen LogP contribution in [0.25, 0.3) is 11.0 Å². The Kier molecular flexibility index (Phi) is 6.29. The summed E-state index contributed by atoms with van der Waals surface area (Å²) in [6.07, 6.45) is 3.66. The van der Waals surface area contributed by atoms with E-state index in [0.29, 0.717) is 6.42 Å². The molecule has 1 atom stereocenters. The number of nitrogens with zero attached hydrogens (tertiary/aromatic N) is 2. The van der Waals surface area contributed by atoms with Crippen molar-refractivity contribution in [1.29, 1.82) is 0 Å². The summed E-state index contributed by atoms with van der Waals surface area (Å²) in [6.45, 7) is 3.43. The molecule has 3 heterocycles. The van der Waals surface area contributed by atoms with Gasteiger partial charge in [0, 0.05) is 56.9 Å². The van der Waals surface area contributed by atoms with Crippen LogP contribution in [0.1, 0.15) is 25.0 Å². The fourth-order valence-electron chi connectivity index (χ4n) is 4.22. The van der Waals surface area contributed by atoms with Crippen LogP contribution in [0.2, 0.25) is 0 Å². The highest BCUT2D eigenvalue weighted by atomic mass is 127. The molecule has 1 spiro atoms. The van der Waals surface area contributed by atoms with Gasteiger partial charge in [0.15, 0.2) is 5.96 Å². The highest BCUT2D eigenvalue weighted by molar-refractivity contribution is 14.0. The molecule has 2 saturated heterocycles. The standard InChI is InChI=1S/C20H26N4O2.HI/c1-21-19(24-10-4-8-20(14-24)12-18(25)23-13-20)22-9-7-16-11-15-5-2-3-6-17(15)26-16;/h2-3,5-6,11H,4,7-10,12-14H2,1H3,(H,21,22)(H,23,25);1H. The van der Waals surface area contributed by atoms with Crippen molar-refractivity contribution < 1.29 is 9.21 Å². The molecule has 2 aliphatic rings. The van der Waals surface area contributed by atoms with Crippen LogP contribution < -0.4 is 10.6 Å². The van der Waals surface area contributed by atoms with E-state index in [-0.39, 0.29) is 35.3 Å². The molecule has 1 unspecified atom stereocenters. The number of benzene rings is 1. The van der Waals surface area contributed by atoms with Gasteiger partial charge in [-0.25, -0.2) is 0 Å². The van der Waals surface area contributed by atoms with Gasteiger partial charge in [0.25, 0.3) is 0 Å². The molecule has 27 heavy (non-hydrogen) atoms. The Balaban J connectivity index is 0.00000210. The molecule has 146 valence electrons. The van der Waals surface area contributed by atoms with E-state index < -0.39 is 0 Å². The summed E-state index contributed by atoms with van der Waals surface area (Å²) in [5.41, 5.74) is 1.01. The molecule has 0 aliphatic carbocycles. The zero-order valence-corrected chi connectivity index (χ0v) is 18.0. The van der Waals surface area contributed by atoms with Gasteiger partial charge < -0.3 is 20.0 Å². The van der Waals surface area contributed by atoms with Crippen LogP contribution in [-0.4, -0.2) is 50.0 Å². The Morgan fingerprint density at radius 3 is 3.00 bits per heavy atom. The number of fused-ring (bicyclic) bond motifs is 1. The van der Waals surface area contributed by atoms with Crippen LogP contribution in [0.15, 0.2) is 39.7 Å². The summed E-state index contributed by atoms with van der Waals surface area (Å²) in [5, 5.41) is 7.60. The van der Waals surface area contributed by atoms with Crippen molar-refractivity contribution in [1.82, 2.24) is 15.5 Å². The molecule has 2 N–H and O–H groups in total. The maximum atomic E-state index is 11.7. The largest absolute Gasteiger partial charge is 0.461 e. The molecule has 0 radical (unpaired) electrons. The van der Waals surface area contributed by atoms with Gasteiger partial charge in [0.2, 0.25) is 5.91 Å². The Hall–Kier alpha value is -1.77. The van der Waals surface area contributed by atoms with Crippen molar-refractivity contribution >= 4 is 46.8 Å². The Morgan fingerprint density at radius 2 is 2.26 bits per heavy atom. The van der Waals surface area contributed by atoms with Crippen LogP contribution in [0.4, 0.5) is 0 Å². The lowest BCUT2D eigenvalue weighted by Crippen LogP contribution is -2.51. The minimum Gasteiger partial charge on any atom is -0.461 e. The van der Waals surface area contributed by atoms with E-state index in [4.69, 9.17) is 4.42 Å². The van der Waals surface area contributed by atoms with Crippen molar-refractivity contribution in [3.8, 4) is 0 Å². The zero-order chi connectivity index (χ0) is 18.0. The van der Waals surface area contributed by atoms with Gasteiger partial charge in [-0.05, 0) is 25.0 Å². The maximum absolute atomic E-state index is 11.7. The second kappa shape index (κ2) is 8.50. The van der Waals surface area contributed by atoms with E-state index in [9.17, 15) is 4.79 Å². The van der Waals surface area contributed by atoms with Gasteiger partial charge in [0.1, 0.15) is 11.3 Å². The van der Waals surface area contributed by atoms with Crippen LogP contribution in [-0.2, 0) is 11.2 Å². The first kappa shape index (κ1) is 20.0. The molecule has 2 fully saturated rings. The topological polar surface area (TPSA) is 69.9 Å². The number of likely N-dealkylation sites (tertiary alicyclic amines) is 1. The lowest BCUT2D eigenvalue weighted by atomic mass is 9.79. The van der Waals surface area contributed by atoms with E-state index in [1.807, 2.05) is 25.2 Å². The van der Waals surface area contributed by atoms with Gasteiger partial charge in [-0.3, -0.25) is 9.79 Å². The molecule has 6 nitrogen and oxygen atoms in total. The molecule has 2 aliphatic heterocycles. The summed E-state index contributed by atoms with van der Waals surface area (Å²) in [7, 11) is 1.82. The first-order chi connectivity index (χ1) is 12.7. The zero-order valence-electron chi connectivity index (χ0n) is 15.7. The van der Waals surface area contributed by atoms with Crippen LogP contribution in [0.3, 0.4) is 0 Å². The van der Waals surface area contributed by atoms with E-state index >= 15 is 0 Å². The number of hydrogen-bond acceptors (Lipinski definition) is 3. The fourth-order valence-corrected chi connectivity index (χ4v) is 4.22. The molecule has 7 heteroatoms. The van der Waals surface area contributed by atoms with Gasteiger partial charge >= 0.3 is 0 Å². The van der Waals surface area contributed by atoms with E-state index in [1.54, 1.807) is 0 Å². The molecule has 0 saturated carbocycles. The predicted molar refractivity (Wildman–Crippen MR) is 118 cm³/mol. The third-order valence-electron chi connectivity index (χ3n) is 5.50. The predicted octanol–water partition coefficient (Wildman–Crippen LogP) is 2.77. The number of rotatable bonds is 3. The van der Waals surface area contributed by atoms with Crippen LogP contribution in [0, 0.1) is 5.41 Å². The number of para-hydroxylation sites is 1. The molecule has 2 aromatic rings. The van der Waals surface area contributed by atoms with Crippen molar-refractivity contribution in [3.05, 3.63) is 36.1 Å². The average Bonchev–Trinajstić information content (AvgIpc) is 3.22. The van der Waals surface area contributed by atoms with Crippen molar-refractivity contribution in [3.63, 3.8) is 0 Å². The van der Waals surface area contributed by atoms with Gasteiger partial charge in [-0.2, -0.15) is 0 Å². The summed E-state index contributed by atoms with van der Waals surface area (Å²) in [6, 6.07) is 10.2. The minimum atomic E-state index is 0. The number of carbonyl (C=O) groups is 1. The lowest BCUT2D eigenvalue weighted by Gasteiger charge is -2.40. The summed E-state index contributed by atoms with van der Waals surface area (Å²) < 4.78 is 5.88. The van der Waals surface area contributed by atoms with Crippen molar-refractivity contribution in [2.24, 2.45) is 10.4 Å². The SMILES string of the molecule is CN=C(NCCc1cc2ccccc2o1)N1CCCC2(CNC(=O)C2)C1.I. The van der Waals surface area contributed by atoms with Crippen molar-refractivity contribution in [2.75, 3.05) is 33.2 Å². The third kappa shape index (κ3) is 4.39. The Bertz CT molecular complexity index is 801. The first-order valence-corrected chi connectivity index (χ1v) is 9.37. The first-order valence-electron chi connectivity index (χ1n) is 9.37. The second-order valence-corrected chi connectivity index (χ2v) is 7.45. The van der Waals surface area contributed by atoms with Crippen LogP contribution >= 0.6 is 24.0 Å². The summed E-state index contributed by atoms with van der Waals surface area (Å²) >= 11 is 0. The molecule has 0 bridgehead atoms. The summed E-state index contributed by atoms with van der Waals surface area (Å²) in [4.78, 5) is 18.4. The Labute approximate surface area is 176 Å². The van der Waals surface area contributed by atoms with Gasteiger partial charge in [-0.15, -0.1) is 24.0 Å². The normalized spacial score (nSPS) is 22.8. The molecular weight excluding hydrogens is 455 g/mol. The van der Waals surface area contributed by atoms with E-state index in [2.05, 4.69) is 32.7 Å². The number of amides is 1. The number of carbonyl (C=O) groups excluding carboxylic acids is 1. The van der Waals surface area contributed by atoms with Gasteiger partial charge in [0.05, 0.1) is 0 Å². The number of nitrogens with one attached hydrogen (secondary N) is 2. The Morgan fingerprint density at radius 1 is 1.41 bits per heavy atom. The third-order valence-corrected chi connectivity index (χ3v) is 5.50. The molecular formula is C20H27IN4O2. The highest BCUT2D eigenvalue weighted by Gasteiger charge is 2.42. The second-order valence-electron chi connectivity index (χ2n) is 7.45. The van der Waals surface area contributed by atoms with Crippen LogP contribution in [0.5, 0.6) is 0 Å². The fraction of sp³-hybridized carbons (Fsp3) is 0.500. The summed E-state index contributed by atoms with van der Waals surface area (Å²) in [5.74, 6) is 2.08. The number of hydrogen-bond donors (Lipinski definition) is 2. The maximum Gasteiger partial charge on any atom is 0.220 e. The molecule has 1 aromatic carbocycles. The quantitative estimate of drug-likeness (QED) is 0.401. The van der Waals surface area contributed by atoms with E-state index in [0.717, 1.165) is 68.1 Å². The number of piperidine rings is 1. The average molecular weight is 482 g/mol. The van der Waals surface area contributed by atoms with Gasteiger partial charge in [-0.1, -0.05) is 18.2 Å². The number of guanidine groups is 1. The number of furan rings is 1. The minimum absolute atomic E-state index is 0. The van der Waals surface area contributed by atoms with Crippen molar-refractivity contribution in [2.45, 2.75) is 25.7 Å². The molecule has 4 rings (SSSR count). The number of aliphatic imine (C=N–C) groups is 1. The molecule has 1 amide bonds. The molecule has 1 aromatic heterocycles. The number of halogens is 1.